The Balaban J connectivity index is 1.46. The number of hydrogen-bond acceptors (Lipinski definition) is 3. The molecule has 8 heteroatoms. The Hall–Kier alpha value is -3.97. The minimum atomic E-state index is -0.821. The Bertz CT molecular complexity index is 1320. The highest BCUT2D eigenvalue weighted by molar-refractivity contribution is 6.30. The van der Waals surface area contributed by atoms with E-state index in [-0.39, 0.29) is 18.4 Å². The summed E-state index contributed by atoms with van der Waals surface area (Å²) < 4.78 is 16.4. The number of imidazole rings is 1. The van der Waals surface area contributed by atoms with Crippen molar-refractivity contribution in [2.75, 3.05) is 0 Å². The van der Waals surface area contributed by atoms with Gasteiger partial charge in [-0.05, 0) is 54.4 Å². The fourth-order valence-corrected chi connectivity index (χ4v) is 3.83. The van der Waals surface area contributed by atoms with Crippen molar-refractivity contribution < 1.29 is 14.0 Å². The van der Waals surface area contributed by atoms with E-state index in [1.54, 1.807) is 60.3 Å². The molecule has 4 rings (SSSR count). The highest BCUT2D eigenvalue weighted by atomic mass is 35.5. The van der Waals surface area contributed by atoms with Crippen LogP contribution in [0.1, 0.15) is 27.3 Å². The van der Waals surface area contributed by atoms with Gasteiger partial charge in [-0.15, -0.1) is 0 Å². The van der Waals surface area contributed by atoms with Gasteiger partial charge in [0.25, 0.3) is 5.91 Å². The number of amides is 2. The largest absolute Gasteiger partial charge is 0.350 e. The molecule has 0 fully saturated rings. The normalized spacial score (nSPS) is 11.6. The highest BCUT2D eigenvalue weighted by Crippen LogP contribution is 2.17. The molecule has 0 saturated heterocycles. The van der Waals surface area contributed by atoms with E-state index in [0.717, 1.165) is 5.56 Å². The van der Waals surface area contributed by atoms with Gasteiger partial charge in [0.05, 0.1) is 5.69 Å². The van der Waals surface area contributed by atoms with E-state index in [2.05, 4.69) is 15.6 Å². The number of carbonyl (C=O) groups is 2. The fourth-order valence-electron chi connectivity index (χ4n) is 3.70. The van der Waals surface area contributed by atoms with Crippen molar-refractivity contribution >= 4 is 23.4 Å². The van der Waals surface area contributed by atoms with E-state index in [0.29, 0.717) is 34.1 Å². The lowest BCUT2D eigenvalue weighted by atomic mass is 10.0. The predicted molar refractivity (Wildman–Crippen MR) is 133 cm³/mol. The van der Waals surface area contributed by atoms with Gasteiger partial charge in [0, 0.05) is 35.9 Å². The summed E-state index contributed by atoms with van der Waals surface area (Å²) in [7, 11) is 0. The number of rotatable bonds is 8. The summed E-state index contributed by atoms with van der Waals surface area (Å²) in [5, 5.41) is 6.14. The van der Waals surface area contributed by atoms with E-state index in [1.807, 2.05) is 30.3 Å². The van der Waals surface area contributed by atoms with Crippen LogP contribution in [0.2, 0.25) is 5.02 Å². The smallest absolute Gasteiger partial charge is 0.251 e. The van der Waals surface area contributed by atoms with Crippen molar-refractivity contribution in [2.24, 2.45) is 0 Å². The second kappa shape index (κ2) is 11.0. The molecule has 1 unspecified atom stereocenters. The van der Waals surface area contributed by atoms with E-state index in [4.69, 9.17) is 11.6 Å². The average Bonchev–Trinajstić information content (AvgIpc) is 3.28. The van der Waals surface area contributed by atoms with Crippen LogP contribution in [0.25, 0.3) is 5.69 Å². The van der Waals surface area contributed by atoms with Gasteiger partial charge < -0.3 is 15.2 Å². The summed E-state index contributed by atoms with van der Waals surface area (Å²) in [5.41, 5.74) is 2.27. The van der Waals surface area contributed by atoms with E-state index in [1.165, 1.54) is 6.07 Å². The molecule has 1 atom stereocenters. The maximum Gasteiger partial charge on any atom is 0.251 e. The third-order valence-corrected chi connectivity index (χ3v) is 5.83. The molecule has 1 aromatic heterocycles. The first-order valence-corrected chi connectivity index (χ1v) is 11.5. The number of hydrogen-bond donors (Lipinski definition) is 2. The van der Waals surface area contributed by atoms with Crippen LogP contribution in [0.15, 0.2) is 85.2 Å². The summed E-state index contributed by atoms with van der Waals surface area (Å²) >= 11 is 5.91. The maximum atomic E-state index is 14.7. The second-order valence-electron chi connectivity index (χ2n) is 8.07. The third-order valence-electron chi connectivity index (χ3n) is 5.57. The summed E-state index contributed by atoms with van der Waals surface area (Å²) in [4.78, 5) is 30.0. The Morgan fingerprint density at radius 3 is 2.43 bits per heavy atom. The topological polar surface area (TPSA) is 76.0 Å². The van der Waals surface area contributed by atoms with Gasteiger partial charge in [-0.1, -0.05) is 48.0 Å². The van der Waals surface area contributed by atoms with Crippen LogP contribution < -0.4 is 10.6 Å². The fraction of sp³-hybridized carbons (Fsp3) is 0.148. The molecule has 3 aromatic carbocycles. The van der Waals surface area contributed by atoms with Crippen LogP contribution in [-0.2, 0) is 17.8 Å². The van der Waals surface area contributed by atoms with Crippen LogP contribution in [0.4, 0.5) is 4.39 Å². The van der Waals surface area contributed by atoms with Gasteiger partial charge in [0.2, 0.25) is 5.91 Å². The maximum absolute atomic E-state index is 14.7. The molecule has 0 aliphatic carbocycles. The molecule has 6 nitrogen and oxygen atoms in total. The molecule has 4 aromatic rings. The van der Waals surface area contributed by atoms with Crippen LogP contribution in [-0.4, -0.2) is 27.4 Å². The van der Waals surface area contributed by atoms with Crippen molar-refractivity contribution in [1.82, 2.24) is 20.2 Å². The van der Waals surface area contributed by atoms with Crippen molar-refractivity contribution in [3.8, 4) is 5.69 Å². The molecule has 2 N–H and O–H groups in total. The van der Waals surface area contributed by atoms with Gasteiger partial charge in [0.15, 0.2) is 0 Å². The summed E-state index contributed by atoms with van der Waals surface area (Å²) in [6.45, 7) is 1.90. The number of aromatic nitrogens is 2. The molecule has 0 bridgehead atoms. The molecule has 0 radical (unpaired) electrons. The lowest BCUT2D eigenvalue weighted by molar-refractivity contribution is -0.123. The number of nitrogens with one attached hydrogen (secondary N) is 2. The molecular formula is C27H24ClFN4O2. The van der Waals surface area contributed by atoms with Gasteiger partial charge in [-0.2, -0.15) is 0 Å². The minimum absolute atomic E-state index is 0.112. The van der Waals surface area contributed by atoms with Crippen LogP contribution in [0.5, 0.6) is 0 Å². The number of halogens is 2. The number of nitrogens with zero attached hydrogens (tertiary/aromatic N) is 2. The zero-order valence-electron chi connectivity index (χ0n) is 19.0. The number of benzene rings is 3. The molecular weight excluding hydrogens is 467 g/mol. The Labute approximate surface area is 207 Å². The van der Waals surface area contributed by atoms with Crippen LogP contribution in [0.3, 0.4) is 0 Å². The van der Waals surface area contributed by atoms with Gasteiger partial charge >= 0.3 is 0 Å². The van der Waals surface area contributed by atoms with Gasteiger partial charge in [-0.3, -0.25) is 9.59 Å². The molecule has 1 heterocycles. The first-order valence-electron chi connectivity index (χ1n) is 11.1. The summed E-state index contributed by atoms with van der Waals surface area (Å²) in [6, 6.07) is 19.8. The summed E-state index contributed by atoms with van der Waals surface area (Å²) in [5.74, 6) is -0.505. The Morgan fingerprint density at radius 2 is 1.77 bits per heavy atom. The Morgan fingerprint density at radius 1 is 1.03 bits per heavy atom. The zero-order valence-corrected chi connectivity index (χ0v) is 19.8. The second-order valence-corrected chi connectivity index (χ2v) is 8.51. The number of carbonyl (C=O) groups excluding carboxylic acids is 2. The molecule has 0 spiro atoms. The molecule has 0 aliphatic heterocycles. The van der Waals surface area contributed by atoms with Crippen LogP contribution in [0, 0.1) is 12.7 Å². The molecule has 178 valence electrons. The van der Waals surface area contributed by atoms with Crippen molar-refractivity contribution in [1.29, 1.82) is 0 Å². The SMILES string of the molecule is Cc1nccn1-c1ccc(CNC(=O)C(Cc2ccccc2)NC(=O)c2ccc(Cl)cc2)cc1F. The monoisotopic (exact) mass is 490 g/mol. The van der Waals surface area contributed by atoms with E-state index >= 15 is 0 Å². The van der Waals surface area contributed by atoms with Crippen molar-refractivity contribution in [2.45, 2.75) is 25.9 Å². The first kappa shape index (κ1) is 24.2. The first-order chi connectivity index (χ1) is 16.9. The standard InChI is InChI=1S/C27H24ClFN4O2/c1-18-30-13-14-33(18)25-12-7-20(15-23(25)29)17-31-27(35)24(16-19-5-3-2-4-6-19)32-26(34)21-8-10-22(28)11-9-21/h2-15,24H,16-17H2,1H3,(H,31,35)(H,32,34). The lowest BCUT2D eigenvalue weighted by Crippen LogP contribution is -2.47. The lowest BCUT2D eigenvalue weighted by Gasteiger charge is -2.19. The van der Waals surface area contributed by atoms with Crippen molar-refractivity contribution in [3.63, 3.8) is 0 Å². The van der Waals surface area contributed by atoms with E-state index in [9.17, 15) is 14.0 Å². The van der Waals surface area contributed by atoms with Crippen molar-refractivity contribution in [3.05, 3.63) is 119 Å². The quantitative estimate of drug-likeness (QED) is 0.378. The number of aryl methyl sites for hydroxylation is 1. The highest BCUT2D eigenvalue weighted by Gasteiger charge is 2.22. The predicted octanol–water partition coefficient (Wildman–Crippen LogP) is 4.63. The molecule has 0 saturated carbocycles. The minimum Gasteiger partial charge on any atom is -0.350 e. The summed E-state index contributed by atoms with van der Waals surface area (Å²) in [6.07, 6.45) is 3.60. The zero-order chi connectivity index (χ0) is 24.8. The van der Waals surface area contributed by atoms with Gasteiger partial charge in [-0.25, -0.2) is 9.37 Å². The van der Waals surface area contributed by atoms with Gasteiger partial charge in [0.1, 0.15) is 17.7 Å². The molecule has 35 heavy (non-hydrogen) atoms. The third kappa shape index (κ3) is 6.13. The van der Waals surface area contributed by atoms with Crippen LogP contribution >= 0.6 is 11.6 Å². The molecule has 2 amide bonds. The Kier molecular flexibility index (Phi) is 7.57. The van der Waals surface area contributed by atoms with E-state index < -0.39 is 11.9 Å². The average molecular weight is 491 g/mol. The molecule has 0 aliphatic rings.